The van der Waals surface area contributed by atoms with E-state index in [1.165, 1.54) is 0 Å². The van der Waals surface area contributed by atoms with Crippen LogP contribution < -0.4 is 10.6 Å². The fourth-order valence-corrected chi connectivity index (χ4v) is 2.16. The molecule has 0 atom stereocenters. The van der Waals surface area contributed by atoms with Gasteiger partial charge in [-0.15, -0.1) is 0 Å². The molecule has 19 heavy (non-hydrogen) atoms. The highest BCUT2D eigenvalue weighted by atomic mass is 16.5. The van der Waals surface area contributed by atoms with E-state index in [1.807, 2.05) is 30.3 Å². The number of aromatic nitrogens is 1. The first kappa shape index (κ1) is 11.8. The highest BCUT2D eigenvalue weighted by Crippen LogP contribution is 2.45. The molecule has 0 unspecified atom stereocenters. The summed E-state index contributed by atoms with van der Waals surface area (Å²) >= 11 is 0. The smallest absolute Gasteiger partial charge is 0.321 e. The Hall–Kier alpha value is -2.30. The number of rotatable bonds is 3. The Bertz CT molecular complexity index is 588. The van der Waals surface area contributed by atoms with E-state index in [-0.39, 0.29) is 11.6 Å². The normalized spacial score (nSPS) is 15.8. The van der Waals surface area contributed by atoms with E-state index < -0.39 is 0 Å². The molecule has 0 saturated heterocycles. The second-order valence-electron chi connectivity index (χ2n) is 4.85. The number of urea groups is 1. The van der Waals surface area contributed by atoms with Crippen LogP contribution in [0.1, 0.15) is 24.2 Å². The molecular weight excluding hydrogens is 242 g/mol. The standard InChI is InChI=1S/C14H15N3O2/c1-10-9-12(17-19-10)15-13(18)16-14(7-8-14)11-5-3-2-4-6-11/h2-6,9H,7-8H2,1H3,(H2,15,16,17,18). The van der Waals surface area contributed by atoms with E-state index >= 15 is 0 Å². The third kappa shape index (κ3) is 2.45. The number of benzene rings is 1. The monoisotopic (exact) mass is 257 g/mol. The van der Waals surface area contributed by atoms with Gasteiger partial charge in [0.2, 0.25) is 0 Å². The van der Waals surface area contributed by atoms with Crippen molar-refractivity contribution in [1.82, 2.24) is 10.5 Å². The summed E-state index contributed by atoms with van der Waals surface area (Å²) in [5.74, 6) is 1.10. The van der Waals surface area contributed by atoms with Crippen molar-refractivity contribution < 1.29 is 9.32 Å². The van der Waals surface area contributed by atoms with Crippen LogP contribution in [-0.2, 0) is 5.54 Å². The van der Waals surface area contributed by atoms with Gasteiger partial charge >= 0.3 is 6.03 Å². The van der Waals surface area contributed by atoms with Crippen molar-refractivity contribution in [1.29, 1.82) is 0 Å². The van der Waals surface area contributed by atoms with Crippen molar-refractivity contribution in [3.05, 3.63) is 47.7 Å². The first-order valence-electron chi connectivity index (χ1n) is 6.26. The highest BCUT2D eigenvalue weighted by molar-refractivity contribution is 5.89. The van der Waals surface area contributed by atoms with Crippen LogP contribution in [0.15, 0.2) is 40.9 Å². The van der Waals surface area contributed by atoms with Crippen LogP contribution in [0.4, 0.5) is 10.6 Å². The van der Waals surface area contributed by atoms with Gasteiger partial charge in [-0.3, -0.25) is 5.32 Å². The molecule has 1 aliphatic carbocycles. The molecule has 1 fully saturated rings. The summed E-state index contributed by atoms with van der Waals surface area (Å²) in [6.07, 6.45) is 1.92. The Balaban J connectivity index is 1.67. The Morgan fingerprint density at radius 2 is 2.05 bits per heavy atom. The zero-order valence-electron chi connectivity index (χ0n) is 10.6. The van der Waals surface area contributed by atoms with Gasteiger partial charge in [-0.2, -0.15) is 0 Å². The molecule has 1 aromatic carbocycles. The van der Waals surface area contributed by atoms with E-state index in [0.29, 0.717) is 11.6 Å². The second-order valence-corrected chi connectivity index (χ2v) is 4.85. The molecule has 0 aliphatic heterocycles. The number of amides is 2. The van der Waals surface area contributed by atoms with Crippen LogP contribution in [0, 0.1) is 6.92 Å². The molecule has 0 spiro atoms. The molecule has 1 aromatic heterocycles. The zero-order chi connectivity index (χ0) is 13.3. The summed E-state index contributed by atoms with van der Waals surface area (Å²) in [5.41, 5.74) is 0.922. The van der Waals surface area contributed by atoms with Crippen molar-refractivity contribution in [3.63, 3.8) is 0 Å². The predicted octanol–water partition coefficient (Wildman–Crippen LogP) is 2.79. The van der Waals surface area contributed by atoms with Crippen molar-refractivity contribution in [3.8, 4) is 0 Å². The maximum atomic E-state index is 11.9. The van der Waals surface area contributed by atoms with E-state index in [2.05, 4.69) is 15.8 Å². The van der Waals surface area contributed by atoms with Crippen molar-refractivity contribution in [2.24, 2.45) is 0 Å². The average molecular weight is 257 g/mol. The lowest BCUT2D eigenvalue weighted by molar-refractivity contribution is 0.247. The molecule has 0 bridgehead atoms. The van der Waals surface area contributed by atoms with Crippen molar-refractivity contribution in [2.45, 2.75) is 25.3 Å². The fourth-order valence-electron chi connectivity index (χ4n) is 2.16. The van der Waals surface area contributed by atoms with Crippen LogP contribution in [0.5, 0.6) is 0 Å². The lowest BCUT2D eigenvalue weighted by Crippen LogP contribution is -2.38. The van der Waals surface area contributed by atoms with E-state index in [4.69, 9.17) is 4.52 Å². The Kier molecular flexibility index (Phi) is 2.74. The van der Waals surface area contributed by atoms with Gasteiger partial charge in [0.1, 0.15) is 5.76 Å². The number of nitrogens with zero attached hydrogens (tertiary/aromatic N) is 1. The molecule has 2 N–H and O–H groups in total. The highest BCUT2D eigenvalue weighted by Gasteiger charge is 2.45. The molecule has 98 valence electrons. The Morgan fingerprint density at radius 1 is 1.32 bits per heavy atom. The third-order valence-electron chi connectivity index (χ3n) is 3.30. The number of carbonyl (C=O) groups is 1. The molecule has 2 amide bonds. The molecule has 5 nitrogen and oxygen atoms in total. The quantitative estimate of drug-likeness (QED) is 0.888. The molecule has 1 aliphatic rings. The van der Waals surface area contributed by atoms with E-state index in [1.54, 1.807) is 13.0 Å². The first-order valence-corrected chi connectivity index (χ1v) is 6.26. The molecular formula is C14H15N3O2. The number of carbonyl (C=O) groups excluding carboxylic acids is 1. The van der Waals surface area contributed by atoms with Crippen LogP contribution in [0.2, 0.25) is 0 Å². The minimum atomic E-state index is -0.255. The number of hydrogen-bond acceptors (Lipinski definition) is 3. The number of aryl methyl sites for hydroxylation is 1. The molecule has 5 heteroatoms. The number of hydrogen-bond donors (Lipinski definition) is 2. The molecule has 2 aromatic rings. The Morgan fingerprint density at radius 3 is 2.63 bits per heavy atom. The van der Waals surface area contributed by atoms with E-state index in [9.17, 15) is 4.79 Å². The minimum Gasteiger partial charge on any atom is -0.360 e. The van der Waals surface area contributed by atoms with Crippen LogP contribution in [0.25, 0.3) is 0 Å². The summed E-state index contributed by atoms with van der Waals surface area (Å²) in [6, 6.07) is 11.4. The van der Waals surface area contributed by atoms with Gasteiger partial charge in [0.25, 0.3) is 0 Å². The maximum Gasteiger partial charge on any atom is 0.321 e. The Labute approximate surface area is 111 Å². The number of nitrogens with one attached hydrogen (secondary N) is 2. The van der Waals surface area contributed by atoms with Crippen LogP contribution >= 0.6 is 0 Å². The topological polar surface area (TPSA) is 67.2 Å². The summed E-state index contributed by atoms with van der Waals surface area (Å²) in [5, 5.41) is 9.42. The molecule has 1 heterocycles. The summed E-state index contributed by atoms with van der Waals surface area (Å²) < 4.78 is 4.90. The van der Waals surface area contributed by atoms with E-state index in [0.717, 1.165) is 18.4 Å². The van der Waals surface area contributed by atoms with Crippen LogP contribution in [-0.4, -0.2) is 11.2 Å². The van der Waals surface area contributed by atoms with Gasteiger partial charge in [-0.05, 0) is 25.3 Å². The number of anilines is 1. The van der Waals surface area contributed by atoms with Gasteiger partial charge in [-0.25, -0.2) is 4.79 Å². The minimum absolute atomic E-state index is 0.218. The first-order chi connectivity index (χ1) is 9.18. The van der Waals surface area contributed by atoms with Crippen LogP contribution in [0.3, 0.4) is 0 Å². The fraction of sp³-hybridized carbons (Fsp3) is 0.286. The molecule has 0 radical (unpaired) electrons. The van der Waals surface area contributed by atoms with Gasteiger partial charge in [0.05, 0.1) is 5.54 Å². The van der Waals surface area contributed by atoms with Crippen molar-refractivity contribution in [2.75, 3.05) is 5.32 Å². The third-order valence-corrected chi connectivity index (χ3v) is 3.30. The zero-order valence-corrected chi connectivity index (χ0v) is 10.6. The van der Waals surface area contributed by atoms with Gasteiger partial charge in [0, 0.05) is 6.07 Å². The second kappa shape index (κ2) is 4.42. The van der Waals surface area contributed by atoms with Gasteiger partial charge in [0.15, 0.2) is 5.82 Å². The lowest BCUT2D eigenvalue weighted by atomic mass is 10.1. The SMILES string of the molecule is Cc1cc(NC(=O)NC2(c3ccccc3)CC2)no1. The van der Waals surface area contributed by atoms with Gasteiger partial charge < -0.3 is 9.84 Å². The lowest BCUT2D eigenvalue weighted by Gasteiger charge is -2.17. The van der Waals surface area contributed by atoms with Gasteiger partial charge in [-0.1, -0.05) is 35.5 Å². The largest absolute Gasteiger partial charge is 0.360 e. The summed E-state index contributed by atoms with van der Waals surface area (Å²) in [7, 11) is 0. The molecule has 1 saturated carbocycles. The summed E-state index contributed by atoms with van der Waals surface area (Å²) in [6.45, 7) is 1.78. The average Bonchev–Trinajstić information content (AvgIpc) is 3.07. The van der Waals surface area contributed by atoms with Crippen molar-refractivity contribution >= 4 is 11.8 Å². The predicted molar refractivity (Wildman–Crippen MR) is 70.7 cm³/mol. The maximum absolute atomic E-state index is 11.9. The molecule has 3 rings (SSSR count). The summed E-state index contributed by atoms with van der Waals surface area (Å²) in [4.78, 5) is 11.9.